The van der Waals surface area contributed by atoms with E-state index < -0.39 is 10.4 Å². The fourth-order valence-electron chi connectivity index (χ4n) is 1.54. The summed E-state index contributed by atoms with van der Waals surface area (Å²) in [6, 6.07) is 0. The van der Waals surface area contributed by atoms with Gasteiger partial charge in [0.15, 0.2) is 0 Å². The Labute approximate surface area is 156 Å². The normalized spacial score (nSPS) is 11.4. The predicted molar refractivity (Wildman–Crippen MR) is 76.9 cm³/mol. The van der Waals surface area contributed by atoms with Gasteiger partial charge in [0, 0.05) is 6.61 Å². The summed E-state index contributed by atoms with van der Waals surface area (Å²) in [6.07, 6.45) is 6.10. The molecule has 0 heterocycles. The molecule has 0 aromatic carbocycles. The summed E-state index contributed by atoms with van der Waals surface area (Å²) in [5.74, 6) is 0. The Hall–Kier alpha value is 0.750. The Morgan fingerprint density at radius 3 is 1.68 bits per heavy atom. The molecule has 0 radical (unpaired) electrons. The third-order valence-corrected chi connectivity index (χ3v) is 3.05. The molecule has 0 saturated heterocycles. The minimum absolute atomic E-state index is 0. The van der Waals surface area contributed by atoms with Crippen molar-refractivity contribution in [2.24, 2.45) is 0 Å². The quantitative estimate of drug-likeness (QED) is 0.145. The molecular formula is C13H27NaO7S. The van der Waals surface area contributed by atoms with E-state index in [2.05, 4.69) is 11.1 Å². The molecule has 0 N–H and O–H groups in total. The Morgan fingerprint density at radius 2 is 1.18 bits per heavy atom. The molecule has 0 aliphatic heterocycles. The van der Waals surface area contributed by atoms with Crippen LogP contribution >= 0.6 is 0 Å². The molecule has 0 aliphatic carbocycles. The van der Waals surface area contributed by atoms with Crippen LogP contribution in [0.4, 0.5) is 0 Å². The van der Waals surface area contributed by atoms with Gasteiger partial charge in [0.2, 0.25) is 10.4 Å². The summed E-state index contributed by atoms with van der Waals surface area (Å²) in [5, 5.41) is 0. The molecule has 0 unspecified atom stereocenters. The van der Waals surface area contributed by atoms with Crippen LogP contribution in [0.5, 0.6) is 0 Å². The standard InChI is InChI=1S/C13H28O7S.Na/c1-2-3-4-5-6-7-17-8-9-18-10-11-19-12-13-20-21(14,15)16;/h2-13H2,1H3,(H,14,15,16);/q;+1/p-1. The molecule has 0 rings (SSSR count). The van der Waals surface area contributed by atoms with Crippen molar-refractivity contribution in [3.63, 3.8) is 0 Å². The average molecular weight is 350 g/mol. The van der Waals surface area contributed by atoms with E-state index in [0.717, 1.165) is 13.0 Å². The zero-order valence-electron chi connectivity index (χ0n) is 13.8. The average Bonchev–Trinajstić information content (AvgIpc) is 2.42. The van der Waals surface area contributed by atoms with Crippen LogP contribution in [0.25, 0.3) is 0 Å². The van der Waals surface area contributed by atoms with Gasteiger partial charge in [-0.2, -0.15) is 0 Å². The van der Waals surface area contributed by atoms with E-state index in [4.69, 9.17) is 14.2 Å². The second-order valence-electron chi connectivity index (χ2n) is 4.48. The number of unbranched alkanes of at least 4 members (excludes halogenated alkanes) is 4. The minimum Gasteiger partial charge on any atom is -0.726 e. The SMILES string of the molecule is CCCCCCCOCCOCCOCCOS(=O)(=O)[O-].[Na+]. The van der Waals surface area contributed by atoms with Crippen LogP contribution in [0, 0.1) is 0 Å². The summed E-state index contributed by atoms with van der Waals surface area (Å²) >= 11 is 0. The Kier molecular flexibility index (Phi) is 20.6. The van der Waals surface area contributed by atoms with Crippen molar-refractivity contribution in [1.82, 2.24) is 0 Å². The van der Waals surface area contributed by atoms with Gasteiger partial charge in [-0.15, -0.1) is 0 Å². The van der Waals surface area contributed by atoms with Crippen LogP contribution in [0.15, 0.2) is 0 Å². The monoisotopic (exact) mass is 350 g/mol. The molecule has 0 fully saturated rings. The van der Waals surface area contributed by atoms with Crippen LogP contribution in [0.1, 0.15) is 39.0 Å². The zero-order valence-corrected chi connectivity index (χ0v) is 16.6. The van der Waals surface area contributed by atoms with Gasteiger partial charge in [-0.25, -0.2) is 8.42 Å². The van der Waals surface area contributed by atoms with Gasteiger partial charge < -0.3 is 18.8 Å². The van der Waals surface area contributed by atoms with Gasteiger partial charge in [-0.1, -0.05) is 32.6 Å². The molecule has 0 spiro atoms. The van der Waals surface area contributed by atoms with E-state index >= 15 is 0 Å². The summed E-state index contributed by atoms with van der Waals surface area (Å²) < 4.78 is 49.9. The molecule has 9 heteroatoms. The summed E-state index contributed by atoms with van der Waals surface area (Å²) in [7, 11) is -4.62. The van der Waals surface area contributed by atoms with Crippen LogP contribution < -0.4 is 29.6 Å². The molecular weight excluding hydrogens is 323 g/mol. The first-order chi connectivity index (χ1) is 10.1. The van der Waals surface area contributed by atoms with Crippen LogP contribution in [-0.2, 0) is 28.8 Å². The number of ether oxygens (including phenoxy) is 3. The third-order valence-electron chi connectivity index (χ3n) is 2.59. The molecule has 0 aromatic rings. The fourth-order valence-corrected chi connectivity index (χ4v) is 1.82. The number of rotatable bonds is 16. The van der Waals surface area contributed by atoms with E-state index in [-0.39, 0.29) is 42.8 Å². The van der Waals surface area contributed by atoms with Crippen molar-refractivity contribution in [3.8, 4) is 0 Å². The molecule has 7 nitrogen and oxygen atoms in total. The second kappa shape index (κ2) is 18.1. The van der Waals surface area contributed by atoms with Gasteiger partial charge in [0.05, 0.1) is 39.6 Å². The Bertz CT molecular complexity index is 312. The van der Waals surface area contributed by atoms with Crippen LogP contribution in [-0.4, -0.2) is 59.2 Å². The van der Waals surface area contributed by atoms with Crippen molar-refractivity contribution in [1.29, 1.82) is 0 Å². The molecule has 0 amide bonds. The largest absolute Gasteiger partial charge is 1.00 e. The van der Waals surface area contributed by atoms with Crippen molar-refractivity contribution < 1.29 is 60.9 Å². The molecule has 128 valence electrons. The zero-order chi connectivity index (χ0) is 15.8. The first-order valence-corrected chi connectivity index (χ1v) is 8.73. The first kappa shape index (κ1) is 25.0. The summed E-state index contributed by atoms with van der Waals surface area (Å²) in [5.41, 5.74) is 0. The molecule has 22 heavy (non-hydrogen) atoms. The van der Waals surface area contributed by atoms with E-state index in [1.54, 1.807) is 0 Å². The van der Waals surface area contributed by atoms with E-state index in [1.165, 1.54) is 25.7 Å². The van der Waals surface area contributed by atoms with Gasteiger partial charge >= 0.3 is 29.6 Å². The minimum atomic E-state index is -4.62. The smallest absolute Gasteiger partial charge is 0.726 e. The van der Waals surface area contributed by atoms with Crippen molar-refractivity contribution in [2.75, 3.05) is 46.2 Å². The topological polar surface area (TPSA) is 94.1 Å². The maximum absolute atomic E-state index is 10.1. The summed E-state index contributed by atoms with van der Waals surface area (Å²) in [6.45, 7) is 4.51. The molecule has 0 atom stereocenters. The number of hydrogen-bond donors (Lipinski definition) is 0. The third kappa shape index (κ3) is 23.0. The fraction of sp³-hybridized carbons (Fsp3) is 1.00. The van der Waals surface area contributed by atoms with Gasteiger partial charge in [0.25, 0.3) is 0 Å². The molecule has 0 aliphatic rings. The first-order valence-electron chi connectivity index (χ1n) is 7.39. The molecule has 0 saturated carbocycles. The van der Waals surface area contributed by atoms with Crippen LogP contribution in [0.3, 0.4) is 0 Å². The summed E-state index contributed by atoms with van der Waals surface area (Å²) in [4.78, 5) is 0. The maximum Gasteiger partial charge on any atom is 1.00 e. The Morgan fingerprint density at radius 1 is 0.727 bits per heavy atom. The van der Waals surface area contributed by atoms with Crippen molar-refractivity contribution >= 4 is 10.4 Å². The van der Waals surface area contributed by atoms with Gasteiger partial charge in [-0.05, 0) is 6.42 Å². The maximum atomic E-state index is 10.1. The molecule has 0 aromatic heterocycles. The van der Waals surface area contributed by atoms with E-state index in [1.807, 2.05) is 0 Å². The van der Waals surface area contributed by atoms with Crippen molar-refractivity contribution in [3.05, 3.63) is 0 Å². The van der Waals surface area contributed by atoms with E-state index in [9.17, 15) is 13.0 Å². The van der Waals surface area contributed by atoms with Gasteiger partial charge in [0.1, 0.15) is 0 Å². The van der Waals surface area contributed by atoms with E-state index in [0.29, 0.717) is 26.4 Å². The Balaban J connectivity index is 0. The second-order valence-corrected chi connectivity index (χ2v) is 5.53. The molecule has 0 bridgehead atoms. The number of hydrogen-bond acceptors (Lipinski definition) is 7. The predicted octanol–water partition coefficient (Wildman–Crippen LogP) is -1.51. The van der Waals surface area contributed by atoms with Gasteiger partial charge in [-0.3, -0.25) is 4.18 Å². The van der Waals surface area contributed by atoms with Crippen LogP contribution in [0.2, 0.25) is 0 Å². The van der Waals surface area contributed by atoms with Crippen molar-refractivity contribution in [2.45, 2.75) is 39.0 Å².